The molecule has 0 amide bonds. The van der Waals surface area contributed by atoms with Gasteiger partial charge in [0.25, 0.3) is 0 Å². The Bertz CT molecular complexity index is 1070. The van der Waals surface area contributed by atoms with Crippen molar-refractivity contribution in [1.82, 2.24) is 0 Å². The molecule has 5 nitrogen and oxygen atoms in total. The van der Waals surface area contributed by atoms with E-state index < -0.39 is 15.7 Å². The van der Waals surface area contributed by atoms with Gasteiger partial charge >= 0.3 is 15.7 Å². The molecule has 0 saturated carbocycles. The van der Waals surface area contributed by atoms with Gasteiger partial charge in [-0.15, -0.1) is 11.6 Å². The second kappa shape index (κ2) is 6.47. The molecule has 1 heterocycles. The second-order valence-electron chi connectivity index (χ2n) is 4.88. The molecule has 8 heteroatoms. The van der Waals surface area contributed by atoms with Crippen LogP contribution in [0, 0.1) is 0 Å². The first-order valence-corrected chi connectivity index (χ1v) is 9.04. The topological polar surface area (TPSA) is 73.6 Å². The fourth-order valence-corrected chi connectivity index (χ4v) is 3.62. The Morgan fingerprint density at radius 3 is 2.58 bits per heavy atom. The molecule has 1 aromatic heterocycles. The zero-order valence-electron chi connectivity index (χ0n) is 12.0. The summed E-state index contributed by atoms with van der Waals surface area (Å²) in [6.07, 6.45) is 0. The van der Waals surface area contributed by atoms with Crippen LogP contribution in [-0.4, -0.2) is 8.42 Å². The first-order chi connectivity index (χ1) is 11.4. The molecule has 0 unspecified atom stereocenters. The van der Waals surface area contributed by atoms with Gasteiger partial charge in [-0.3, -0.25) is 0 Å². The molecule has 0 aliphatic heterocycles. The van der Waals surface area contributed by atoms with Crippen molar-refractivity contribution in [3.05, 3.63) is 69.5 Å². The fourth-order valence-electron chi connectivity index (χ4n) is 2.17. The van der Waals surface area contributed by atoms with Crippen molar-refractivity contribution in [2.45, 2.75) is 10.8 Å². The van der Waals surface area contributed by atoms with Crippen LogP contribution in [0.4, 0.5) is 0 Å². The quantitative estimate of drug-likeness (QED) is 0.386. The van der Waals surface area contributed by atoms with Crippen LogP contribution in [0.2, 0.25) is 5.02 Å². The maximum absolute atomic E-state index is 12.3. The Labute approximate surface area is 147 Å². The predicted octanol–water partition coefficient (Wildman–Crippen LogP) is 3.95. The van der Waals surface area contributed by atoms with Crippen LogP contribution < -0.4 is 9.81 Å². The van der Waals surface area contributed by atoms with Gasteiger partial charge < -0.3 is 8.60 Å². The summed E-state index contributed by atoms with van der Waals surface area (Å²) in [4.78, 5) is 11.4. The lowest BCUT2D eigenvalue weighted by Crippen LogP contribution is -2.09. The van der Waals surface area contributed by atoms with E-state index >= 15 is 0 Å². The van der Waals surface area contributed by atoms with E-state index in [0.717, 1.165) is 0 Å². The van der Waals surface area contributed by atoms with E-state index in [2.05, 4.69) is 0 Å². The molecule has 3 aromatic rings. The van der Waals surface area contributed by atoms with Crippen LogP contribution in [0.15, 0.2) is 62.6 Å². The normalized spacial score (nSPS) is 11.6. The monoisotopic (exact) mass is 384 g/mol. The van der Waals surface area contributed by atoms with Crippen molar-refractivity contribution in [1.29, 1.82) is 0 Å². The molecule has 0 saturated heterocycles. The molecule has 0 atom stereocenters. The molecule has 0 bridgehead atoms. The van der Waals surface area contributed by atoms with Gasteiger partial charge in [-0.2, -0.15) is 8.42 Å². The number of hydrogen-bond donors (Lipinski definition) is 0. The lowest BCUT2D eigenvalue weighted by molar-refractivity contribution is 0.485. The third-order valence-corrected chi connectivity index (χ3v) is 5.00. The zero-order valence-corrected chi connectivity index (χ0v) is 14.4. The van der Waals surface area contributed by atoms with Crippen molar-refractivity contribution in [3.63, 3.8) is 0 Å². The minimum absolute atomic E-state index is 0.0114. The van der Waals surface area contributed by atoms with E-state index in [1.165, 1.54) is 36.4 Å². The minimum atomic E-state index is -4.06. The highest BCUT2D eigenvalue weighted by Gasteiger charge is 2.18. The van der Waals surface area contributed by atoms with Gasteiger partial charge in [-0.25, -0.2) is 4.79 Å². The van der Waals surface area contributed by atoms with Gasteiger partial charge in [0.1, 0.15) is 16.2 Å². The number of benzene rings is 2. The summed E-state index contributed by atoms with van der Waals surface area (Å²) in [5.74, 6) is 0.140. The predicted molar refractivity (Wildman–Crippen MR) is 91.3 cm³/mol. The number of hydrogen-bond acceptors (Lipinski definition) is 5. The van der Waals surface area contributed by atoms with E-state index in [4.69, 9.17) is 31.8 Å². The second-order valence-corrected chi connectivity index (χ2v) is 7.13. The molecule has 124 valence electrons. The van der Waals surface area contributed by atoms with Gasteiger partial charge in [-0.1, -0.05) is 17.7 Å². The van der Waals surface area contributed by atoms with Crippen LogP contribution in [0.5, 0.6) is 5.75 Å². The molecule has 3 rings (SSSR count). The van der Waals surface area contributed by atoms with Gasteiger partial charge in [0, 0.05) is 28.4 Å². The lowest BCUT2D eigenvalue weighted by atomic mass is 10.1. The number of alkyl halides is 1. The molecule has 24 heavy (non-hydrogen) atoms. The van der Waals surface area contributed by atoms with Crippen LogP contribution >= 0.6 is 23.2 Å². The number of fused-ring (bicyclic) bond motifs is 1. The molecule has 2 aromatic carbocycles. The summed E-state index contributed by atoms with van der Waals surface area (Å²) in [6, 6.07) is 11.4. The maximum atomic E-state index is 12.3. The van der Waals surface area contributed by atoms with E-state index in [1.807, 2.05) is 0 Å². The van der Waals surface area contributed by atoms with Crippen molar-refractivity contribution in [3.8, 4) is 5.75 Å². The van der Waals surface area contributed by atoms with Crippen molar-refractivity contribution >= 4 is 44.3 Å². The first-order valence-electron chi connectivity index (χ1n) is 6.72. The smallest absolute Gasteiger partial charge is 0.339 e. The summed E-state index contributed by atoms with van der Waals surface area (Å²) in [6.45, 7) is 0. The van der Waals surface area contributed by atoms with Crippen LogP contribution in [0.3, 0.4) is 0 Å². The highest BCUT2D eigenvalue weighted by molar-refractivity contribution is 7.87. The highest BCUT2D eigenvalue weighted by atomic mass is 35.5. The minimum Gasteiger partial charge on any atom is -0.423 e. The van der Waals surface area contributed by atoms with Crippen molar-refractivity contribution < 1.29 is 17.0 Å². The largest absolute Gasteiger partial charge is 0.423 e. The van der Waals surface area contributed by atoms with Gasteiger partial charge in [0.05, 0.1) is 0 Å². The molecular formula is C16H10Cl2O5S. The zero-order chi connectivity index (χ0) is 17.3. The third-order valence-electron chi connectivity index (χ3n) is 3.24. The standard InChI is InChI=1S/C16H10Cl2O5S/c17-9-10-6-16(19)22-15-8-12(4-5-14(10)15)23-24(20,21)13-3-1-2-11(18)7-13/h1-8H,9H2. The van der Waals surface area contributed by atoms with E-state index in [-0.39, 0.29) is 27.1 Å². The molecule has 0 N–H and O–H groups in total. The number of halogens is 2. The Morgan fingerprint density at radius 2 is 1.88 bits per heavy atom. The molecule has 0 fully saturated rings. The average Bonchev–Trinajstić information content (AvgIpc) is 2.53. The Kier molecular flexibility index (Phi) is 4.54. The summed E-state index contributed by atoms with van der Waals surface area (Å²) in [7, 11) is -4.06. The van der Waals surface area contributed by atoms with Crippen LogP contribution in [-0.2, 0) is 16.0 Å². The van der Waals surface area contributed by atoms with Crippen LogP contribution in [0.25, 0.3) is 11.0 Å². The first kappa shape index (κ1) is 16.8. The molecule has 0 aliphatic rings. The summed E-state index contributed by atoms with van der Waals surface area (Å²) in [5.41, 5.74) is 0.206. The third kappa shape index (κ3) is 3.40. The Morgan fingerprint density at radius 1 is 1.08 bits per heavy atom. The Balaban J connectivity index is 2.03. The van der Waals surface area contributed by atoms with E-state index in [0.29, 0.717) is 10.9 Å². The SMILES string of the molecule is O=c1cc(CCl)c2ccc(OS(=O)(=O)c3cccc(Cl)c3)cc2o1. The fraction of sp³-hybridized carbons (Fsp3) is 0.0625. The lowest BCUT2D eigenvalue weighted by Gasteiger charge is -2.08. The van der Waals surface area contributed by atoms with Gasteiger partial charge in [0.2, 0.25) is 0 Å². The number of rotatable bonds is 4. The van der Waals surface area contributed by atoms with Crippen molar-refractivity contribution in [2.75, 3.05) is 0 Å². The summed E-state index contributed by atoms with van der Waals surface area (Å²) >= 11 is 11.6. The Hall–Kier alpha value is -2.02. The molecular weight excluding hydrogens is 375 g/mol. The van der Waals surface area contributed by atoms with Crippen LogP contribution in [0.1, 0.15) is 5.56 Å². The average molecular weight is 385 g/mol. The highest BCUT2D eigenvalue weighted by Crippen LogP contribution is 2.26. The van der Waals surface area contributed by atoms with Gasteiger partial charge in [0.15, 0.2) is 0 Å². The maximum Gasteiger partial charge on any atom is 0.339 e. The summed E-state index contributed by atoms with van der Waals surface area (Å²) in [5, 5.41) is 0.882. The molecule has 0 aliphatic carbocycles. The van der Waals surface area contributed by atoms with Crippen molar-refractivity contribution in [2.24, 2.45) is 0 Å². The molecule has 0 radical (unpaired) electrons. The van der Waals surface area contributed by atoms with E-state index in [1.54, 1.807) is 12.1 Å². The van der Waals surface area contributed by atoms with Gasteiger partial charge in [-0.05, 0) is 35.9 Å². The van der Waals surface area contributed by atoms with E-state index in [9.17, 15) is 13.2 Å². The summed E-state index contributed by atoms with van der Waals surface area (Å²) < 4.78 is 34.7. The molecule has 0 spiro atoms.